The average molecular weight is 414 g/mol. The second kappa shape index (κ2) is 7.15. The zero-order valence-electron chi connectivity index (χ0n) is 16.4. The van der Waals surface area contributed by atoms with Gasteiger partial charge < -0.3 is 5.32 Å². The van der Waals surface area contributed by atoms with Crippen LogP contribution in [0.1, 0.15) is 29.5 Å². The summed E-state index contributed by atoms with van der Waals surface area (Å²) in [5, 5.41) is 18.0. The summed E-state index contributed by atoms with van der Waals surface area (Å²) in [5.41, 5.74) is 3.85. The summed E-state index contributed by atoms with van der Waals surface area (Å²) >= 11 is 1.15. The van der Waals surface area contributed by atoms with Crippen molar-refractivity contribution in [2.45, 2.75) is 24.8 Å². The number of amides is 1. The third-order valence-electron chi connectivity index (χ3n) is 5.58. The van der Waals surface area contributed by atoms with E-state index in [4.69, 9.17) is 5.10 Å². The first kappa shape index (κ1) is 18.6. The van der Waals surface area contributed by atoms with E-state index in [9.17, 15) is 10.1 Å². The van der Waals surface area contributed by atoms with Crippen LogP contribution in [-0.4, -0.2) is 27.9 Å². The first-order chi connectivity index (χ1) is 14.6. The normalized spacial score (nSPS) is 19.9. The Morgan fingerprint density at radius 3 is 2.93 bits per heavy atom. The van der Waals surface area contributed by atoms with Crippen LogP contribution in [0.25, 0.3) is 17.0 Å². The van der Waals surface area contributed by atoms with Gasteiger partial charge in [0.15, 0.2) is 0 Å². The van der Waals surface area contributed by atoms with Gasteiger partial charge in [-0.25, -0.2) is 0 Å². The Hall–Kier alpha value is -3.37. The lowest BCUT2D eigenvalue weighted by Gasteiger charge is -2.13. The molecular formula is C23H19N5OS. The molecule has 1 aromatic heterocycles. The van der Waals surface area contributed by atoms with Gasteiger partial charge in [-0.05, 0) is 59.5 Å². The Morgan fingerprint density at radius 2 is 2.17 bits per heavy atom. The van der Waals surface area contributed by atoms with Crippen molar-refractivity contribution in [1.29, 1.82) is 5.26 Å². The Kier molecular flexibility index (Phi) is 4.44. The summed E-state index contributed by atoms with van der Waals surface area (Å²) in [4.78, 5) is 16.6. The first-order valence-corrected chi connectivity index (χ1v) is 10.6. The molecule has 148 valence electrons. The van der Waals surface area contributed by atoms with E-state index < -0.39 is 0 Å². The molecule has 3 aromatic rings. The summed E-state index contributed by atoms with van der Waals surface area (Å²) in [6.07, 6.45) is 5.84. The van der Waals surface area contributed by atoms with E-state index in [1.165, 1.54) is 0 Å². The van der Waals surface area contributed by atoms with Gasteiger partial charge in [0.05, 0.1) is 28.5 Å². The molecule has 2 fully saturated rings. The average Bonchev–Trinajstić information content (AvgIpc) is 3.32. The van der Waals surface area contributed by atoms with E-state index in [1.807, 2.05) is 41.2 Å². The lowest BCUT2D eigenvalue weighted by molar-refractivity contribution is 0.265. The fraction of sp³-hybridized carbons (Fsp3) is 0.217. The van der Waals surface area contributed by atoms with Gasteiger partial charge in [-0.3, -0.25) is 14.5 Å². The molecule has 1 N–H and O–H groups in total. The summed E-state index contributed by atoms with van der Waals surface area (Å²) in [6.45, 7) is 0.631. The molecule has 2 aliphatic rings. The molecule has 0 spiro atoms. The van der Waals surface area contributed by atoms with Crippen LogP contribution < -0.4 is 5.32 Å². The third kappa shape index (κ3) is 3.29. The SMILES string of the molecule is CN=C1NC(=O)S/C1=C\c1ccc2nn(Cc3ccccc3C3(C#N)CC3)cc2c1. The zero-order chi connectivity index (χ0) is 20.7. The van der Waals surface area contributed by atoms with Gasteiger partial charge in [-0.1, -0.05) is 30.3 Å². The number of benzene rings is 2. The molecule has 6 nitrogen and oxygen atoms in total. The number of carbonyl (C=O) groups is 1. The molecule has 7 heteroatoms. The van der Waals surface area contributed by atoms with E-state index in [1.54, 1.807) is 7.05 Å². The molecule has 1 aliphatic heterocycles. The largest absolute Gasteiger partial charge is 0.300 e. The van der Waals surface area contributed by atoms with Crippen molar-refractivity contribution in [3.8, 4) is 6.07 Å². The molecule has 1 aliphatic carbocycles. The van der Waals surface area contributed by atoms with Gasteiger partial charge in [0.25, 0.3) is 5.24 Å². The Labute approximate surface area is 178 Å². The van der Waals surface area contributed by atoms with Crippen molar-refractivity contribution in [3.05, 3.63) is 70.3 Å². The third-order valence-corrected chi connectivity index (χ3v) is 6.40. The second-order valence-electron chi connectivity index (χ2n) is 7.59. The molecule has 0 unspecified atom stereocenters. The van der Waals surface area contributed by atoms with Crippen LogP contribution in [0.3, 0.4) is 0 Å². The molecule has 1 amide bonds. The fourth-order valence-electron chi connectivity index (χ4n) is 3.88. The summed E-state index contributed by atoms with van der Waals surface area (Å²) in [6, 6.07) is 16.7. The number of aromatic nitrogens is 2. The van der Waals surface area contributed by atoms with Gasteiger partial charge in [0.2, 0.25) is 0 Å². The van der Waals surface area contributed by atoms with Crippen LogP contribution in [0.4, 0.5) is 4.79 Å². The Bertz CT molecular complexity index is 1280. The smallest absolute Gasteiger partial charge is 0.289 e. The highest BCUT2D eigenvalue weighted by molar-refractivity contribution is 8.18. The molecule has 5 rings (SSSR count). The second-order valence-corrected chi connectivity index (χ2v) is 8.61. The summed E-state index contributed by atoms with van der Waals surface area (Å²) < 4.78 is 1.93. The van der Waals surface area contributed by atoms with E-state index in [2.05, 4.69) is 34.6 Å². The van der Waals surface area contributed by atoms with Crippen molar-refractivity contribution in [2.75, 3.05) is 7.05 Å². The van der Waals surface area contributed by atoms with Crippen LogP contribution in [0, 0.1) is 11.3 Å². The predicted octanol–water partition coefficient (Wildman–Crippen LogP) is 4.47. The van der Waals surface area contributed by atoms with Crippen LogP contribution >= 0.6 is 11.8 Å². The number of rotatable bonds is 4. The molecule has 2 aromatic carbocycles. The highest BCUT2D eigenvalue weighted by Crippen LogP contribution is 2.48. The maximum Gasteiger partial charge on any atom is 0.289 e. The molecule has 1 saturated heterocycles. The van der Waals surface area contributed by atoms with E-state index in [0.717, 1.165) is 57.1 Å². The minimum atomic E-state index is -0.314. The highest BCUT2D eigenvalue weighted by Gasteiger charge is 2.46. The van der Waals surface area contributed by atoms with E-state index in [0.29, 0.717) is 12.4 Å². The fourth-order valence-corrected chi connectivity index (χ4v) is 4.66. The Morgan fingerprint density at radius 1 is 1.33 bits per heavy atom. The Balaban J connectivity index is 1.45. The molecule has 0 atom stereocenters. The lowest BCUT2D eigenvalue weighted by Crippen LogP contribution is -2.18. The maximum absolute atomic E-state index is 11.6. The maximum atomic E-state index is 11.6. The number of carbonyl (C=O) groups excluding carboxylic acids is 1. The molecule has 2 heterocycles. The minimum absolute atomic E-state index is 0.111. The van der Waals surface area contributed by atoms with Crippen LogP contribution in [0.15, 0.2) is 58.6 Å². The van der Waals surface area contributed by atoms with Crippen molar-refractivity contribution < 1.29 is 4.79 Å². The quantitative estimate of drug-likeness (QED) is 0.684. The van der Waals surface area contributed by atoms with Gasteiger partial charge in [0, 0.05) is 18.6 Å². The van der Waals surface area contributed by atoms with Crippen LogP contribution in [-0.2, 0) is 12.0 Å². The molecule has 0 radical (unpaired) electrons. The number of hydrogen-bond donors (Lipinski definition) is 1. The number of thioether (sulfide) groups is 1. The number of nitriles is 1. The lowest BCUT2D eigenvalue weighted by atomic mass is 9.92. The summed E-state index contributed by atoms with van der Waals surface area (Å²) in [7, 11) is 1.67. The highest BCUT2D eigenvalue weighted by atomic mass is 32.2. The van der Waals surface area contributed by atoms with E-state index >= 15 is 0 Å². The zero-order valence-corrected chi connectivity index (χ0v) is 17.2. The predicted molar refractivity (Wildman–Crippen MR) is 119 cm³/mol. The van der Waals surface area contributed by atoms with Crippen molar-refractivity contribution >= 4 is 39.8 Å². The van der Waals surface area contributed by atoms with E-state index in [-0.39, 0.29) is 10.7 Å². The van der Waals surface area contributed by atoms with Crippen LogP contribution in [0.2, 0.25) is 0 Å². The molecule has 0 bridgehead atoms. The minimum Gasteiger partial charge on any atom is -0.300 e. The summed E-state index contributed by atoms with van der Waals surface area (Å²) in [5.74, 6) is 0.601. The number of hydrogen-bond acceptors (Lipinski definition) is 5. The number of nitrogens with one attached hydrogen (secondary N) is 1. The van der Waals surface area contributed by atoms with Crippen molar-refractivity contribution in [3.63, 3.8) is 0 Å². The standard InChI is InChI=1S/C23H19N5OS/c1-25-21-20(30-22(29)26-21)11-15-6-7-19-17(10-15)13-28(27-19)12-16-4-2-3-5-18(16)23(14-24)8-9-23/h2-7,10-11,13H,8-9,12H2,1H3,(H,25,26,29)/b20-11-. The molecule has 1 saturated carbocycles. The van der Waals surface area contributed by atoms with Gasteiger partial charge >= 0.3 is 0 Å². The van der Waals surface area contributed by atoms with Gasteiger partial charge in [0.1, 0.15) is 5.84 Å². The van der Waals surface area contributed by atoms with Crippen molar-refractivity contribution in [2.24, 2.45) is 4.99 Å². The van der Waals surface area contributed by atoms with Crippen molar-refractivity contribution in [1.82, 2.24) is 15.1 Å². The molecule has 30 heavy (non-hydrogen) atoms. The number of aliphatic imine (C=N–C) groups is 1. The number of nitrogens with zero attached hydrogens (tertiary/aromatic N) is 4. The van der Waals surface area contributed by atoms with Crippen LogP contribution in [0.5, 0.6) is 0 Å². The van der Waals surface area contributed by atoms with Gasteiger partial charge in [-0.15, -0.1) is 0 Å². The monoisotopic (exact) mass is 413 g/mol. The molecular weight excluding hydrogens is 394 g/mol. The first-order valence-electron chi connectivity index (χ1n) is 9.75. The van der Waals surface area contributed by atoms with Gasteiger partial charge in [-0.2, -0.15) is 10.4 Å². The number of amidine groups is 1. The topological polar surface area (TPSA) is 83.1 Å². The number of fused-ring (bicyclic) bond motifs is 1.